The van der Waals surface area contributed by atoms with Crippen LogP contribution < -0.4 is 10.6 Å². The summed E-state index contributed by atoms with van der Waals surface area (Å²) >= 11 is 0. The van der Waals surface area contributed by atoms with E-state index in [1.165, 1.54) is 12.8 Å². The maximum atomic E-state index is 11.2. The van der Waals surface area contributed by atoms with Gasteiger partial charge in [0.15, 0.2) is 0 Å². The Morgan fingerprint density at radius 2 is 1.88 bits per heavy atom. The second kappa shape index (κ2) is 8.12. The lowest BCUT2D eigenvalue weighted by molar-refractivity contribution is -0.124. The molecule has 2 rings (SSSR count). The zero-order valence-corrected chi connectivity index (χ0v) is 11.0. The Hall–Kier alpha value is -0.0300. The van der Waals surface area contributed by atoms with E-state index in [0.717, 1.165) is 38.6 Å². The van der Waals surface area contributed by atoms with Gasteiger partial charge in [-0.2, -0.15) is 0 Å². The molecule has 4 nitrogen and oxygen atoms in total. The molecular weight excluding hydrogens is 249 g/mol. The minimum atomic E-state index is 0. The van der Waals surface area contributed by atoms with Gasteiger partial charge in [0.05, 0.1) is 6.54 Å². The van der Waals surface area contributed by atoms with Crippen molar-refractivity contribution in [3.05, 3.63) is 0 Å². The molecule has 0 unspecified atom stereocenters. The molecule has 0 radical (unpaired) electrons. The topological polar surface area (TPSA) is 44.4 Å². The lowest BCUT2D eigenvalue weighted by Gasteiger charge is -2.32. The Morgan fingerprint density at radius 1 is 1.19 bits per heavy atom. The lowest BCUT2D eigenvalue weighted by Crippen LogP contribution is -2.49. The molecule has 0 spiro atoms. The van der Waals surface area contributed by atoms with Gasteiger partial charge in [-0.05, 0) is 31.8 Å². The number of piperidine rings is 1. The molecule has 2 aliphatic rings. The molecular formula is C10H21Cl2N3O. The summed E-state index contributed by atoms with van der Waals surface area (Å²) in [4.78, 5) is 13.4. The fourth-order valence-corrected chi connectivity index (χ4v) is 2.28. The average molecular weight is 270 g/mol. The normalized spacial score (nSPS) is 22.9. The molecule has 0 bridgehead atoms. The van der Waals surface area contributed by atoms with Crippen molar-refractivity contribution >= 4 is 30.7 Å². The standard InChI is InChI=1S/C10H19N3O.2ClH/c14-10-8-13(6-5-12-10)7-9-1-3-11-4-2-9;;/h9,11H,1-8H2,(H,12,14);2*1H. The van der Waals surface area contributed by atoms with E-state index in [4.69, 9.17) is 0 Å². The molecule has 0 aromatic rings. The molecule has 0 aromatic heterocycles. The van der Waals surface area contributed by atoms with E-state index < -0.39 is 0 Å². The van der Waals surface area contributed by atoms with Crippen LogP contribution in [0.4, 0.5) is 0 Å². The quantitative estimate of drug-likeness (QED) is 0.756. The SMILES string of the molecule is Cl.Cl.O=C1CN(CC2CCNCC2)CCN1. The maximum Gasteiger partial charge on any atom is 0.234 e. The van der Waals surface area contributed by atoms with Crippen molar-refractivity contribution in [1.29, 1.82) is 0 Å². The highest BCUT2D eigenvalue weighted by molar-refractivity contribution is 5.85. The van der Waals surface area contributed by atoms with E-state index in [1.807, 2.05) is 0 Å². The molecule has 0 aliphatic carbocycles. The van der Waals surface area contributed by atoms with Crippen molar-refractivity contribution in [3.63, 3.8) is 0 Å². The molecule has 0 saturated carbocycles. The highest BCUT2D eigenvalue weighted by Crippen LogP contribution is 2.13. The smallest absolute Gasteiger partial charge is 0.234 e. The second-order valence-electron chi connectivity index (χ2n) is 4.28. The molecule has 0 atom stereocenters. The molecule has 6 heteroatoms. The first-order valence-electron chi connectivity index (χ1n) is 5.54. The number of nitrogens with one attached hydrogen (secondary N) is 2. The van der Waals surface area contributed by atoms with Crippen molar-refractivity contribution < 1.29 is 4.79 Å². The number of amides is 1. The first-order chi connectivity index (χ1) is 6.84. The largest absolute Gasteiger partial charge is 0.354 e. The third-order valence-corrected chi connectivity index (χ3v) is 3.09. The fraction of sp³-hybridized carbons (Fsp3) is 0.900. The van der Waals surface area contributed by atoms with Crippen LogP contribution in [0.25, 0.3) is 0 Å². The number of carbonyl (C=O) groups excluding carboxylic acids is 1. The third kappa shape index (κ3) is 4.87. The molecule has 2 N–H and O–H groups in total. The van der Waals surface area contributed by atoms with Crippen LogP contribution in [0.2, 0.25) is 0 Å². The number of hydrogen-bond acceptors (Lipinski definition) is 3. The summed E-state index contributed by atoms with van der Waals surface area (Å²) in [6.07, 6.45) is 2.52. The van der Waals surface area contributed by atoms with E-state index in [-0.39, 0.29) is 30.7 Å². The Balaban J connectivity index is 0.00000112. The second-order valence-corrected chi connectivity index (χ2v) is 4.28. The monoisotopic (exact) mass is 269 g/mol. The summed E-state index contributed by atoms with van der Waals surface area (Å²) in [6.45, 7) is 5.84. The van der Waals surface area contributed by atoms with Crippen LogP contribution in [0.15, 0.2) is 0 Å². The van der Waals surface area contributed by atoms with Gasteiger partial charge in [0.2, 0.25) is 5.91 Å². The third-order valence-electron chi connectivity index (χ3n) is 3.09. The zero-order chi connectivity index (χ0) is 9.80. The van der Waals surface area contributed by atoms with Crippen LogP contribution in [0.5, 0.6) is 0 Å². The molecule has 1 amide bonds. The van der Waals surface area contributed by atoms with Crippen molar-refractivity contribution in [2.75, 3.05) is 39.3 Å². The fourth-order valence-electron chi connectivity index (χ4n) is 2.28. The Kier molecular flexibility index (Phi) is 8.10. The molecule has 0 aromatic carbocycles. The van der Waals surface area contributed by atoms with Crippen molar-refractivity contribution in [3.8, 4) is 0 Å². The van der Waals surface area contributed by atoms with E-state index in [2.05, 4.69) is 15.5 Å². The minimum absolute atomic E-state index is 0. The van der Waals surface area contributed by atoms with Gasteiger partial charge in [-0.15, -0.1) is 24.8 Å². The van der Waals surface area contributed by atoms with Gasteiger partial charge < -0.3 is 10.6 Å². The predicted molar refractivity (Wildman–Crippen MR) is 69.5 cm³/mol. The van der Waals surface area contributed by atoms with Crippen LogP contribution in [0.1, 0.15) is 12.8 Å². The molecule has 2 fully saturated rings. The summed E-state index contributed by atoms with van der Waals surface area (Å²) in [6, 6.07) is 0. The molecule has 2 saturated heterocycles. The number of piperazine rings is 1. The van der Waals surface area contributed by atoms with Gasteiger partial charge in [-0.25, -0.2) is 0 Å². The van der Waals surface area contributed by atoms with Crippen LogP contribution in [-0.4, -0.2) is 50.1 Å². The van der Waals surface area contributed by atoms with Gasteiger partial charge in [0, 0.05) is 19.6 Å². The highest BCUT2D eigenvalue weighted by atomic mass is 35.5. The Labute approximate surface area is 109 Å². The lowest BCUT2D eigenvalue weighted by atomic mass is 9.97. The van der Waals surface area contributed by atoms with Crippen LogP contribution >= 0.6 is 24.8 Å². The number of hydrogen-bond donors (Lipinski definition) is 2. The summed E-state index contributed by atoms with van der Waals surface area (Å²) < 4.78 is 0. The molecule has 16 heavy (non-hydrogen) atoms. The van der Waals surface area contributed by atoms with Gasteiger partial charge in [-0.3, -0.25) is 9.69 Å². The summed E-state index contributed by atoms with van der Waals surface area (Å²) in [5.41, 5.74) is 0. The van der Waals surface area contributed by atoms with Gasteiger partial charge in [0.1, 0.15) is 0 Å². The van der Waals surface area contributed by atoms with E-state index >= 15 is 0 Å². The number of carbonyl (C=O) groups is 1. The minimum Gasteiger partial charge on any atom is -0.354 e. The highest BCUT2D eigenvalue weighted by Gasteiger charge is 2.20. The van der Waals surface area contributed by atoms with Gasteiger partial charge in [0.25, 0.3) is 0 Å². The van der Waals surface area contributed by atoms with E-state index in [0.29, 0.717) is 6.54 Å². The Morgan fingerprint density at radius 3 is 2.50 bits per heavy atom. The number of halogens is 2. The van der Waals surface area contributed by atoms with Gasteiger partial charge in [-0.1, -0.05) is 0 Å². The van der Waals surface area contributed by atoms with Crippen molar-refractivity contribution in [2.45, 2.75) is 12.8 Å². The maximum absolute atomic E-state index is 11.2. The summed E-state index contributed by atoms with van der Waals surface area (Å²) in [5, 5.41) is 6.22. The van der Waals surface area contributed by atoms with Crippen LogP contribution in [-0.2, 0) is 4.79 Å². The molecule has 2 heterocycles. The molecule has 2 aliphatic heterocycles. The van der Waals surface area contributed by atoms with Gasteiger partial charge >= 0.3 is 0 Å². The first kappa shape index (κ1) is 16.0. The van der Waals surface area contributed by atoms with E-state index in [1.54, 1.807) is 0 Å². The summed E-state index contributed by atoms with van der Waals surface area (Å²) in [5.74, 6) is 0.979. The molecule has 96 valence electrons. The number of rotatable bonds is 2. The van der Waals surface area contributed by atoms with Crippen molar-refractivity contribution in [2.24, 2.45) is 5.92 Å². The predicted octanol–water partition coefficient (Wildman–Crippen LogP) is 0.261. The van der Waals surface area contributed by atoms with Crippen LogP contribution in [0, 0.1) is 5.92 Å². The van der Waals surface area contributed by atoms with Crippen molar-refractivity contribution in [1.82, 2.24) is 15.5 Å². The van der Waals surface area contributed by atoms with Crippen LogP contribution in [0.3, 0.4) is 0 Å². The number of nitrogens with zero attached hydrogens (tertiary/aromatic N) is 1. The summed E-state index contributed by atoms with van der Waals surface area (Å²) in [7, 11) is 0. The van der Waals surface area contributed by atoms with E-state index in [9.17, 15) is 4.79 Å². The first-order valence-corrected chi connectivity index (χ1v) is 5.54. The average Bonchev–Trinajstić information content (AvgIpc) is 2.19. The zero-order valence-electron chi connectivity index (χ0n) is 9.41. The Bertz CT molecular complexity index is 210.